The maximum absolute atomic E-state index is 8.51. The second-order valence-electron chi connectivity index (χ2n) is 20.4. The van der Waals surface area contributed by atoms with E-state index in [1.54, 1.807) is 22.7 Å². The Hall–Kier alpha value is -2.68. The van der Waals surface area contributed by atoms with Crippen LogP contribution in [0.25, 0.3) is 42.4 Å². The Balaban J connectivity index is 0.000000191. The van der Waals surface area contributed by atoms with Gasteiger partial charge in [0.15, 0.2) is 6.29 Å². The highest BCUT2D eigenvalue weighted by Crippen LogP contribution is 2.42. The summed E-state index contributed by atoms with van der Waals surface area (Å²) in [4.78, 5) is 2.68. The van der Waals surface area contributed by atoms with Gasteiger partial charge in [0.1, 0.15) is 0 Å². The van der Waals surface area contributed by atoms with Crippen LogP contribution >= 0.6 is 65.9 Å². The number of ether oxygens (including phenoxy) is 2. The van der Waals surface area contributed by atoms with Gasteiger partial charge < -0.3 is 23.9 Å². The van der Waals surface area contributed by atoms with Crippen molar-refractivity contribution >= 4 is 99.3 Å². The molecular weight excluding hydrogens is 1020 g/mol. The first-order valence-electron chi connectivity index (χ1n) is 22.8. The molecule has 0 saturated carbocycles. The lowest BCUT2D eigenvalue weighted by atomic mass is 9.76. The number of thiophene rings is 3. The van der Waals surface area contributed by atoms with Gasteiger partial charge in [-0.25, -0.2) is 0 Å². The minimum Gasteiger partial charge on any atom is -0.399 e. The van der Waals surface area contributed by atoms with E-state index in [0.717, 1.165) is 28.4 Å². The van der Waals surface area contributed by atoms with Crippen LogP contribution in [0.5, 0.6) is 0 Å². The standard InChI is InChI=1S/C27H30OS2.C14H23BO2S.C10H6Br2.C4H8O2.CH4/c1-7-28-27(5,6)23-13-15-30-25(23)21-11-9-18-16-20(10-8-19(18)17-21)24-22(12-14-29-24)26(2,3)4;1-12(2,3)10-8-9-18-11(10)15-16-13(4,5)14(6,7)17-15;11-9-3-1-7-5-10(12)4-2-8(7)6-9;5-4-2-1-3-6-4;/h8-17H,7H2,1-6H3;8-9H,1-7H3;1-6H;4-5H,1-3H2;1H4. The molecule has 2 fully saturated rings. The van der Waals surface area contributed by atoms with Crippen LogP contribution in [-0.4, -0.2) is 42.9 Å². The molecule has 2 saturated heterocycles. The molecule has 3 aromatic heterocycles. The van der Waals surface area contributed by atoms with E-state index in [-0.39, 0.29) is 42.2 Å². The van der Waals surface area contributed by atoms with Gasteiger partial charge in [-0.2, -0.15) is 11.3 Å². The van der Waals surface area contributed by atoms with Gasteiger partial charge in [-0.3, -0.25) is 0 Å². The number of aliphatic hydroxyl groups excluding tert-OH is 1. The minimum atomic E-state index is -0.454. The second-order valence-corrected chi connectivity index (χ2v) is 25.0. The number of benzene rings is 4. The Morgan fingerprint density at radius 3 is 1.49 bits per heavy atom. The largest absolute Gasteiger partial charge is 0.505 e. The normalized spacial score (nSPS) is 16.7. The summed E-state index contributed by atoms with van der Waals surface area (Å²) in [5.41, 5.74) is 6.04. The Morgan fingerprint density at radius 1 is 0.627 bits per heavy atom. The van der Waals surface area contributed by atoms with E-state index in [0.29, 0.717) is 6.61 Å². The van der Waals surface area contributed by atoms with Crippen molar-refractivity contribution in [1.29, 1.82) is 0 Å². The quantitative estimate of drug-likeness (QED) is 0.168. The summed E-state index contributed by atoms with van der Waals surface area (Å²) in [5, 5.41) is 20.1. The van der Waals surface area contributed by atoms with Crippen molar-refractivity contribution in [1.82, 2.24) is 0 Å². The van der Waals surface area contributed by atoms with Crippen molar-refractivity contribution in [3.63, 3.8) is 0 Å². The molecule has 2 aliphatic heterocycles. The molecule has 67 heavy (non-hydrogen) atoms. The average molecular weight is 1090 g/mol. The van der Waals surface area contributed by atoms with Gasteiger partial charge in [0.2, 0.25) is 0 Å². The van der Waals surface area contributed by atoms with E-state index in [4.69, 9.17) is 23.9 Å². The molecule has 0 bridgehead atoms. The molecule has 9 rings (SSSR count). The number of rotatable bonds is 6. The number of fused-ring (bicyclic) bond motifs is 2. The molecule has 1 unspecified atom stereocenters. The summed E-state index contributed by atoms with van der Waals surface area (Å²) < 4.78 is 26.5. The van der Waals surface area contributed by atoms with Crippen molar-refractivity contribution in [2.45, 2.75) is 144 Å². The molecule has 0 aliphatic carbocycles. The molecular formula is C56H71BBr2O5S3. The number of halogens is 2. The number of aliphatic hydroxyl groups is 1. The molecule has 4 aromatic carbocycles. The van der Waals surface area contributed by atoms with Gasteiger partial charge in [0.05, 0.1) is 16.8 Å². The molecule has 5 nitrogen and oxygen atoms in total. The van der Waals surface area contributed by atoms with Crippen LogP contribution < -0.4 is 4.78 Å². The molecule has 1 N–H and O–H groups in total. The van der Waals surface area contributed by atoms with Gasteiger partial charge in [0.25, 0.3) is 0 Å². The number of hydrogen-bond acceptors (Lipinski definition) is 8. The van der Waals surface area contributed by atoms with Crippen LogP contribution in [0, 0.1) is 0 Å². The molecule has 0 amide bonds. The lowest BCUT2D eigenvalue weighted by Crippen LogP contribution is -2.41. The Bertz CT molecular complexity index is 2640. The molecule has 11 heteroatoms. The zero-order chi connectivity index (χ0) is 48.2. The van der Waals surface area contributed by atoms with Gasteiger partial charge in [-0.05, 0) is 180 Å². The van der Waals surface area contributed by atoms with Crippen LogP contribution in [0.1, 0.15) is 127 Å². The molecule has 1 atom stereocenters. The molecule has 2 aliphatic rings. The summed E-state index contributed by atoms with van der Waals surface area (Å²) in [6.45, 7) is 29.7. The van der Waals surface area contributed by atoms with Gasteiger partial charge in [0, 0.05) is 48.7 Å². The van der Waals surface area contributed by atoms with E-state index >= 15 is 0 Å². The minimum absolute atomic E-state index is 0. The Kier molecular flexibility index (Phi) is 18.6. The monoisotopic (exact) mass is 1090 g/mol. The fourth-order valence-electron chi connectivity index (χ4n) is 7.92. The van der Waals surface area contributed by atoms with Crippen molar-refractivity contribution < 1.29 is 23.9 Å². The lowest BCUT2D eigenvalue weighted by Gasteiger charge is -2.32. The van der Waals surface area contributed by atoms with E-state index in [1.165, 1.54) is 63.9 Å². The first-order valence-corrected chi connectivity index (χ1v) is 27.0. The average Bonchev–Trinajstić information content (AvgIpc) is 4.09. The van der Waals surface area contributed by atoms with E-state index in [1.807, 2.05) is 11.3 Å². The van der Waals surface area contributed by atoms with Gasteiger partial charge >= 0.3 is 7.12 Å². The van der Waals surface area contributed by atoms with Crippen molar-refractivity contribution in [3.05, 3.63) is 133 Å². The van der Waals surface area contributed by atoms with E-state index in [9.17, 15) is 0 Å². The zero-order valence-corrected chi connectivity index (χ0v) is 46.6. The molecule has 0 spiro atoms. The van der Waals surface area contributed by atoms with Crippen LogP contribution in [0.4, 0.5) is 0 Å². The van der Waals surface area contributed by atoms with E-state index < -0.39 is 6.29 Å². The highest BCUT2D eigenvalue weighted by atomic mass is 79.9. The molecule has 5 heterocycles. The predicted octanol–water partition coefficient (Wildman–Crippen LogP) is 17.3. The van der Waals surface area contributed by atoms with Crippen LogP contribution in [0.3, 0.4) is 0 Å². The SMILES string of the molecule is Brc1ccc2cc(Br)ccc2c1.C.CC(C)(C)c1ccsc1B1OC(C)(C)C(C)(C)O1.CCOC(C)(C)c1ccsc1-c1ccc2cc(-c3sccc3C(C)(C)C)ccc2c1.OC1CCCO1. The molecule has 360 valence electrons. The zero-order valence-electron chi connectivity index (χ0n) is 40.9. The first kappa shape index (κ1) is 55.3. The Morgan fingerprint density at radius 2 is 1.06 bits per heavy atom. The van der Waals surface area contributed by atoms with Crippen LogP contribution in [0.2, 0.25) is 0 Å². The molecule has 7 aromatic rings. The predicted molar refractivity (Wildman–Crippen MR) is 300 cm³/mol. The van der Waals surface area contributed by atoms with E-state index in [2.05, 4.69) is 229 Å². The third kappa shape index (κ3) is 13.8. The number of hydrogen-bond donors (Lipinski definition) is 1. The first-order chi connectivity index (χ1) is 30.9. The Labute approximate surface area is 431 Å². The van der Waals surface area contributed by atoms with Crippen molar-refractivity contribution in [2.24, 2.45) is 0 Å². The lowest BCUT2D eigenvalue weighted by molar-refractivity contribution is -0.0589. The summed E-state index contributed by atoms with van der Waals surface area (Å²) in [6, 6.07) is 32.9. The third-order valence-electron chi connectivity index (χ3n) is 12.3. The van der Waals surface area contributed by atoms with Crippen molar-refractivity contribution in [2.75, 3.05) is 13.2 Å². The highest BCUT2D eigenvalue weighted by Gasteiger charge is 2.53. The van der Waals surface area contributed by atoms with Gasteiger partial charge in [-0.1, -0.05) is 117 Å². The third-order valence-corrected chi connectivity index (χ3v) is 16.1. The maximum Gasteiger partial charge on any atom is 0.505 e. The van der Waals surface area contributed by atoms with Gasteiger partial charge in [-0.15, -0.1) is 22.7 Å². The van der Waals surface area contributed by atoms with Crippen LogP contribution in [-0.2, 0) is 35.2 Å². The fourth-order valence-corrected chi connectivity index (χ4v) is 11.9. The molecule has 0 radical (unpaired) electrons. The van der Waals surface area contributed by atoms with Crippen LogP contribution in [0.15, 0.2) is 116 Å². The fraction of sp³-hybridized carbons (Fsp3) is 0.429. The maximum atomic E-state index is 8.51. The second kappa shape index (κ2) is 22.6. The summed E-state index contributed by atoms with van der Waals surface area (Å²) in [7, 11) is -0.232. The summed E-state index contributed by atoms with van der Waals surface area (Å²) in [5.74, 6) is 0. The smallest absolute Gasteiger partial charge is 0.399 e. The topological polar surface area (TPSA) is 57.2 Å². The highest BCUT2D eigenvalue weighted by molar-refractivity contribution is 9.10. The summed E-state index contributed by atoms with van der Waals surface area (Å²) >= 11 is 12.2. The summed E-state index contributed by atoms with van der Waals surface area (Å²) in [6.07, 6.45) is 1.38. The van der Waals surface area contributed by atoms with Crippen molar-refractivity contribution in [3.8, 4) is 20.9 Å².